The SMILES string of the molecule is C1=CSC(c2ccc(-c3cccs3)s2)C1. The van der Waals surface area contributed by atoms with E-state index in [4.69, 9.17) is 0 Å². The Kier molecular flexibility index (Phi) is 2.69. The van der Waals surface area contributed by atoms with Crippen molar-refractivity contribution in [3.63, 3.8) is 0 Å². The Labute approximate surface area is 102 Å². The van der Waals surface area contributed by atoms with Gasteiger partial charge in [-0.25, -0.2) is 0 Å². The van der Waals surface area contributed by atoms with Crippen molar-refractivity contribution in [2.75, 3.05) is 0 Å². The van der Waals surface area contributed by atoms with Crippen LogP contribution in [0.3, 0.4) is 0 Å². The molecular formula is C12H10S3. The highest BCUT2D eigenvalue weighted by Crippen LogP contribution is 2.43. The van der Waals surface area contributed by atoms with Crippen LogP contribution in [-0.4, -0.2) is 0 Å². The molecule has 0 saturated carbocycles. The third-order valence-electron chi connectivity index (χ3n) is 2.40. The largest absolute Gasteiger partial charge is 0.143 e. The van der Waals surface area contributed by atoms with Crippen LogP contribution >= 0.6 is 34.4 Å². The Hall–Kier alpha value is -0.510. The van der Waals surface area contributed by atoms with E-state index in [2.05, 4.69) is 41.1 Å². The van der Waals surface area contributed by atoms with Crippen LogP contribution in [0.5, 0.6) is 0 Å². The van der Waals surface area contributed by atoms with Crippen molar-refractivity contribution in [1.29, 1.82) is 0 Å². The van der Waals surface area contributed by atoms with Gasteiger partial charge < -0.3 is 0 Å². The fourth-order valence-corrected chi connectivity index (χ4v) is 4.64. The fourth-order valence-electron chi connectivity index (χ4n) is 1.65. The predicted molar refractivity (Wildman–Crippen MR) is 71.7 cm³/mol. The van der Waals surface area contributed by atoms with Crippen LogP contribution in [0, 0.1) is 0 Å². The minimum atomic E-state index is 0.670. The van der Waals surface area contributed by atoms with Crippen LogP contribution in [-0.2, 0) is 0 Å². The summed E-state index contributed by atoms with van der Waals surface area (Å²) in [7, 11) is 0. The van der Waals surface area contributed by atoms with Crippen molar-refractivity contribution in [3.05, 3.63) is 46.0 Å². The number of thioether (sulfide) groups is 1. The molecule has 0 saturated heterocycles. The first-order valence-corrected chi connectivity index (χ1v) is 7.51. The molecule has 2 aromatic heterocycles. The molecule has 1 unspecified atom stereocenters. The zero-order valence-corrected chi connectivity index (χ0v) is 10.5. The second-order valence-corrected chi connectivity index (χ2v) is 6.59. The molecule has 0 radical (unpaired) electrons. The molecule has 3 heteroatoms. The number of thiophene rings is 2. The molecule has 0 amide bonds. The molecule has 15 heavy (non-hydrogen) atoms. The van der Waals surface area contributed by atoms with Gasteiger partial charge in [0.1, 0.15) is 0 Å². The molecule has 0 nitrogen and oxygen atoms in total. The van der Waals surface area contributed by atoms with Gasteiger partial charge in [-0.15, -0.1) is 34.4 Å². The van der Waals surface area contributed by atoms with Crippen LogP contribution in [0.4, 0.5) is 0 Å². The maximum Gasteiger partial charge on any atom is 0.0467 e. The summed E-state index contributed by atoms with van der Waals surface area (Å²) in [6.45, 7) is 0. The van der Waals surface area contributed by atoms with Crippen LogP contribution in [0.2, 0.25) is 0 Å². The molecule has 1 aliphatic heterocycles. The van der Waals surface area contributed by atoms with Gasteiger partial charge in [-0.1, -0.05) is 12.1 Å². The van der Waals surface area contributed by atoms with E-state index in [1.165, 1.54) is 21.1 Å². The first-order chi connectivity index (χ1) is 7.43. The van der Waals surface area contributed by atoms with Crippen molar-refractivity contribution in [2.24, 2.45) is 0 Å². The molecule has 3 heterocycles. The average molecular weight is 250 g/mol. The summed E-state index contributed by atoms with van der Waals surface area (Å²) in [6.07, 6.45) is 3.45. The molecule has 0 bridgehead atoms. The Morgan fingerprint density at radius 3 is 2.87 bits per heavy atom. The van der Waals surface area contributed by atoms with E-state index in [0.717, 1.165) is 0 Å². The first-order valence-electron chi connectivity index (χ1n) is 4.87. The Bertz CT molecular complexity index is 457. The maximum absolute atomic E-state index is 2.28. The summed E-state index contributed by atoms with van der Waals surface area (Å²) in [5, 5.41) is 5.03. The molecular weight excluding hydrogens is 240 g/mol. The first kappa shape index (κ1) is 9.70. The second-order valence-electron chi connectivity index (χ2n) is 3.41. The molecule has 0 aliphatic carbocycles. The average Bonchev–Trinajstić information content (AvgIpc) is 3.02. The lowest BCUT2D eigenvalue weighted by Crippen LogP contribution is -1.81. The lowest BCUT2D eigenvalue weighted by atomic mass is 10.2. The van der Waals surface area contributed by atoms with Crippen LogP contribution in [0.25, 0.3) is 9.75 Å². The number of hydrogen-bond donors (Lipinski definition) is 0. The van der Waals surface area contributed by atoms with Gasteiger partial charge >= 0.3 is 0 Å². The number of rotatable bonds is 2. The predicted octanol–water partition coefficient (Wildman–Crippen LogP) is 5.17. The summed E-state index contributed by atoms with van der Waals surface area (Å²) in [6, 6.07) is 8.85. The quantitative estimate of drug-likeness (QED) is 0.708. The lowest BCUT2D eigenvalue weighted by molar-refractivity contribution is 1.02. The zero-order valence-electron chi connectivity index (χ0n) is 8.05. The molecule has 3 rings (SSSR count). The van der Waals surface area contributed by atoms with Crippen molar-refractivity contribution in [1.82, 2.24) is 0 Å². The van der Waals surface area contributed by atoms with Crippen LogP contribution in [0.1, 0.15) is 16.5 Å². The topological polar surface area (TPSA) is 0 Å². The molecule has 2 aromatic rings. The van der Waals surface area contributed by atoms with Gasteiger partial charge in [-0.3, -0.25) is 0 Å². The highest BCUT2D eigenvalue weighted by atomic mass is 32.2. The van der Waals surface area contributed by atoms with Gasteiger partial charge in [0.15, 0.2) is 0 Å². The summed E-state index contributed by atoms with van der Waals surface area (Å²) < 4.78 is 0. The van der Waals surface area contributed by atoms with Gasteiger partial charge in [-0.2, -0.15) is 0 Å². The highest BCUT2D eigenvalue weighted by molar-refractivity contribution is 8.02. The molecule has 0 spiro atoms. The third kappa shape index (κ3) is 1.92. The van der Waals surface area contributed by atoms with Gasteiger partial charge in [0.2, 0.25) is 0 Å². The molecule has 76 valence electrons. The summed E-state index contributed by atoms with van der Waals surface area (Å²) in [5.41, 5.74) is 0. The van der Waals surface area contributed by atoms with Crippen molar-refractivity contribution < 1.29 is 0 Å². The fraction of sp³-hybridized carbons (Fsp3) is 0.167. The normalized spacial score (nSPS) is 19.9. The summed E-state index contributed by atoms with van der Waals surface area (Å²) >= 11 is 5.70. The Balaban J connectivity index is 1.88. The van der Waals surface area contributed by atoms with Crippen molar-refractivity contribution in [3.8, 4) is 9.75 Å². The Morgan fingerprint density at radius 2 is 2.13 bits per heavy atom. The smallest absolute Gasteiger partial charge is 0.0467 e. The summed E-state index contributed by atoms with van der Waals surface area (Å²) in [5.74, 6) is 0. The van der Waals surface area contributed by atoms with E-state index < -0.39 is 0 Å². The van der Waals surface area contributed by atoms with Crippen molar-refractivity contribution >= 4 is 34.4 Å². The molecule has 0 fully saturated rings. The van der Waals surface area contributed by atoms with Gasteiger partial charge in [-0.05, 0) is 35.4 Å². The number of hydrogen-bond acceptors (Lipinski definition) is 3. The van der Waals surface area contributed by atoms with E-state index in [0.29, 0.717) is 5.25 Å². The van der Waals surface area contributed by atoms with E-state index in [1.54, 1.807) is 0 Å². The second kappa shape index (κ2) is 4.16. The minimum Gasteiger partial charge on any atom is -0.143 e. The molecule has 1 aliphatic rings. The van der Waals surface area contributed by atoms with E-state index >= 15 is 0 Å². The number of allylic oxidation sites excluding steroid dienone is 1. The lowest BCUT2D eigenvalue weighted by Gasteiger charge is -2.03. The van der Waals surface area contributed by atoms with E-state index in [1.807, 2.05) is 34.4 Å². The minimum absolute atomic E-state index is 0.670. The van der Waals surface area contributed by atoms with Gasteiger partial charge in [0.05, 0.1) is 0 Å². The summed E-state index contributed by atoms with van der Waals surface area (Å²) in [4.78, 5) is 4.31. The van der Waals surface area contributed by atoms with E-state index in [-0.39, 0.29) is 0 Å². The van der Waals surface area contributed by atoms with E-state index in [9.17, 15) is 0 Å². The molecule has 0 aromatic carbocycles. The van der Waals surface area contributed by atoms with Gasteiger partial charge in [0.25, 0.3) is 0 Å². The maximum atomic E-state index is 2.28. The molecule has 0 N–H and O–H groups in total. The van der Waals surface area contributed by atoms with Crippen LogP contribution in [0.15, 0.2) is 41.1 Å². The highest BCUT2D eigenvalue weighted by Gasteiger charge is 2.16. The van der Waals surface area contributed by atoms with Crippen LogP contribution < -0.4 is 0 Å². The monoisotopic (exact) mass is 250 g/mol. The Morgan fingerprint density at radius 1 is 1.13 bits per heavy atom. The van der Waals surface area contributed by atoms with Crippen molar-refractivity contribution in [2.45, 2.75) is 11.7 Å². The third-order valence-corrected chi connectivity index (χ3v) is 5.94. The standard InChI is InChI=1S/C12H10S3/c1-3-9(13-7-1)11-5-6-12(15-11)10-4-2-8-14-10/h1-3,5-8,10H,4H2. The molecule has 1 atom stereocenters. The zero-order chi connectivity index (χ0) is 10.1. The van der Waals surface area contributed by atoms with Gasteiger partial charge in [0, 0.05) is 19.9 Å².